The van der Waals surface area contributed by atoms with Gasteiger partial charge in [-0.05, 0) is 43.4 Å². The SMILES string of the molecule is CCC12CC1CN(c1cc(C(=O)N3CCN(C)CC3)ccn1)C2. The summed E-state index contributed by atoms with van der Waals surface area (Å²) in [5.74, 6) is 1.97. The number of fused-ring (bicyclic) bond motifs is 1. The van der Waals surface area contributed by atoms with Crippen LogP contribution in [-0.4, -0.2) is 67.0 Å². The molecule has 1 amide bonds. The summed E-state index contributed by atoms with van der Waals surface area (Å²) >= 11 is 0. The molecular formula is C18H26N4O. The molecular weight excluding hydrogens is 288 g/mol. The first kappa shape index (κ1) is 14.9. The van der Waals surface area contributed by atoms with Gasteiger partial charge in [0.1, 0.15) is 5.82 Å². The number of anilines is 1. The molecule has 1 saturated carbocycles. The van der Waals surface area contributed by atoms with Gasteiger partial charge in [0.05, 0.1) is 0 Å². The van der Waals surface area contributed by atoms with Crippen molar-refractivity contribution in [3.63, 3.8) is 0 Å². The van der Waals surface area contributed by atoms with Gasteiger partial charge < -0.3 is 14.7 Å². The van der Waals surface area contributed by atoms with Crippen molar-refractivity contribution in [1.82, 2.24) is 14.8 Å². The maximum absolute atomic E-state index is 12.7. The van der Waals surface area contributed by atoms with E-state index in [1.165, 1.54) is 12.8 Å². The predicted octanol–water partition coefficient (Wildman–Crippen LogP) is 1.71. The first-order chi connectivity index (χ1) is 11.1. The molecule has 2 aliphatic heterocycles. The minimum atomic E-state index is 0.149. The lowest BCUT2D eigenvalue weighted by molar-refractivity contribution is 0.0664. The molecule has 3 aliphatic rings. The van der Waals surface area contributed by atoms with Gasteiger partial charge in [0, 0.05) is 51.0 Å². The molecule has 1 aromatic heterocycles. The minimum absolute atomic E-state index is 0.149. The van der Waals surface area contributed by atoms with Crippen molar-refractivity contribution in [2.45, 2.75) is 19.8 Å². The van der Waals surface area contributed by atoms with Crippen molar-refractivity contribution in [1.29, 1.82) is 0 Å². The number of hydrogen-bond acceptors (Lipinski definition) is 4. The van der Waals surface area contributed by atoms with Gasteiger partial charge in [0.15, 0.2) is 0 Å². The minimum Gasteiger partial charge on any atom is -0.356 e. The fourth-order valence-electron chi connectivity index (χ4n) is 4.23. The average molecular weight is 314 g/mol. The molecule has 124 valence electrons. The molecule has 4 rings (SSSR count). The van der Waals surface area contributed by atoms with E-state index in [4.69, 9.17) is 0 Å². The Morgan fingerprint density at radius 3 is 2.83 bits per heavy atom. The van der Waals surface area contributed by atoms with E-state index in [1.54, 1.807) is 6.20 Å². The molecule has 3 heterocycles. The quantitative estimate of drug-likeness (QED) is 0.851. The van der Waals surface area contributed by atoms with Crippen molar-refractivity contribution in [3.8, 4) is 0 Å². The van der Waals surface area contributed by atoms with Crippen LogP contribution >= 0.6 is 0 Å². The van der Waals surface area contributed by atoms with Crippen LogP contribution in [0.2, 0.25) is 0 Å². The number of rotatable bonds is 3. The van der Waals surface area contributed by atoms with Crippen LogP contribution in [0.1, 0.15) is 30.1 Å². The molecule has 0 bridgehead atoms. The highest BCUT2D eigenvalue weighted by atomic mass is 16.2. The molecule has 1 aliphatic carbocycles. The average Bonchev–Trinajstić information content (AvgIpc) is 3.16. The maximum Gasteiger partial charge on any atom is 0.254 e. The number of likely N-dealkylation sites (N-methyl/N-ethyl adjacent to an activating group) is 1. The Labute approximate surface area is 138 Å². The van der Waals surface area contributed by atoms with Gasteiger partial charge in [-0.25, -0.2) is 4.98 Å². The first-order valence-corrected chi connectivity index (χ1v) is 8.80. The van der Waals surface area contributed by atoms with Crippen molar-refractivity contribution >= 4 is 11.7 Å². The van der Waals surface area contributed by atoms with Crippen LogP contribution in [0.15, 0.2) is 18.3 Å². The van der Waals surface area contributed by atoms with Crippen LogP contribution in [0.4, 0.5) is 5.82 Å². The lowest BCUT2D eigenvalue weighted by Gasteiger charge is -2.32. The molecule has 2 saturated heterocycles. The summed E-state index contributed by atoms with van der Waals surface area (Å²) in [5, 5.41) is 0. The summed E-state index contributed by atoms with van der Waals surface area (Å²) in [5.41, 5.74) is 1.32. The maximum atomic E-state index is 12.7. The molecule has 5 heteroatoms. The van der Waals surface area contributed by atoms with Crippen molar-refractivity contribution in [2.75, 3.05) is 51.2 Å². The monoisotopic (exact) mass is 314 g/mol. The van der Waals surface area contributed by atoms with Crippen LogP contribution in [-0.2, 0) is 0 Å². The van der Waals surface area contributed by atoms with Crippen molar-refractivity contribution in [2.24, 2.45) is 11.3 Å². The number of nitrogens with zero attached hydrogens (tertiary/aromatic N) is 4. The number of piperidine rings is 1. The lowest BCUT2D eigenvalue weighted by Crippen LogP contribution is -2.47. The summed E-state index contributed by atoms with van der Waals surface area (Å²) in [6.07, 6.45) is 4.43. The third-order valence-electron chi connectivity index (χ3n) is 6.12. The van der Waals surface area contributed by atoms with E-state index >= 15 is 0 Å². The van der Waals surface area contributed by atoms with Gasteiger partial charge >= 0.3 is 0 Å². The number of aromatic nitrogens is 1. The fraction of sp³-hybridized carbons (Fsp3) is 0.667. The van der Waals surface area contributed by atoms with E-state index < -0.39 is 0 Å². The molecule has 5 nitrogen and oxygen atoms in total. The molecule has 0 radical (unpaired) electrons. The Balaban J connectivity index is 1.47. The van der Waals surface area contributed by atoms with E-state index in [-0.39, 0.29) is 5.91 Å². The third kappa shape index (κ3) is 2.61. The van der Waals surface area contributed by atoms with Crippen LogP contribution in [0.25, 0.3) is 0 Å². The van der Waals surface area contributed by atoms with Crippen LogP contribution in [0.3, 0.4) is 0 Å². The number of carbonyl (C=O) groups excluding carboxylic acids is 1. The number of carbonyl (C=O) groups is 1. The van der Waals surface area contributed by atoms with Gasteiger partial charge in [0.2, 0.25) is 0 Å². The molecule has 1 aromatic rings. The molecule has 0 aromatic carbocycles. The van der Waals surface area contributed by atoms with Gasteiger partial charge in [0.25, 0.3) is 5.91 Å². The van der Waals surface area contributed by atoms with E-state index in [0.717, 1.165) is 56.6 Å². The highest BCUT2D eigenvalue weighted by Crippen LogP contribution is 2.60. The first-order valence-electron chi connectivity index (χ1n) is 8.80. The van der Waals surface area contributed by atoms with Gasteiger partial charge in [-0.2, -0.15) is 0 Å². The Kier molecular flexibility index (Phi) is 3.56. The molecule has 0 N–H and O–H groups in total. The predicted molar refractivity (Wildman–Crippen MR) is 90.7 cm³/mol. The Hall–Kier alpha value is -1.62. The standard InChI is InChI=1S/C18H26N4O/c1-3-18-11-15(18)12-22(13-18)16-10-14(4-5-19-16)17(23)21-8-6-20(2)7-9-21/h4-5,10,15H,3,6-9,11-13H2,1-2H3. The van der Waals surface area contributed by atoms with Crippen LogP contribution in [0, 0.1) is 11.3 Å². The normalized spacial score (nSPS) is 30.4. The summed E-state index contributed by atoms with van der Waals surface area (Å²) in [6, 6.07) is 3.85. The Bertz CT molecular complexity index is 607. The van der Waals surface area contributed by atoms with E-state index in [2.05, 4.69) is 28.8 Å². The fourth-order valence-corrected chi connectivity index (χ4v) is 4.23. The summed E-state index contributed by atoms with van der Waals surface area (Å²) in [4.78, 5) is 23.9. The molecule has 3 fully saturated rings. The second kappa shape index (κ2) is 5.48. The van der Waals surface area contributed by atoms with E-state index in [9.17, 15) is 4.79 Å². The van der Waals surface area contributed by atoms with Gasteiger partial charge in [-0.1, -0.05) is 6.92 Å². The number of pyridine rings is 1. The highest BCUT2D eigenvalue weighted by Gasteiger charge is 2.58. The molecule has 0 spiro atoms. The number of amides is 1. The smallest absolute Gasteiger partial charge is 0.254 e. The lowest BCUT2D eigenvalue weighted by atomic mass is 10.0. The van der Waals surface area contributed by atoms with Crippen LogP contribution in [0.5, 0.6) is 0 Å². The number of piperazine rings is 1. The molecule has 2 unspecified atom stereocenters. The Morgan fingerprint density at radius 2 is 2.13 bits per heavy atom. The third-order valence-corrected chi connectivity index (χ3v) is 6.12. The van der Waals surface area contributed by atoms with Crippen LogP contribution < -0.4 is 4.90 Å². The highest BCUT2D eigenvalue weighted by molar-refractivity contribution is 5.95. The van der Waals surface area contributed by atoms with E-state index in [0.29, 0.717) is 5.41 Å². The topological polar surface area (TPSA) is 39.7 Å². The largest absolute Gasteiger partial charge is 0.356 e. The zero-order valence-electron chi connectivity index (χ0n) is 14.2. The second-order valence-electron chi connectivity index (χ2n) is 7.50. The summed E-state index contributed by atoms with van der Waals surface area (Å²) < 4.78 is 0. The summed E-state index contributed by atoms with van der Waals surface area (Å²) in [6.45, 7) is 8.05. The van der Waals surface area contributed by atoms with E-state index in [1.807, 2.05) is 17.0 Å². The molecule has 2 atom stereocenters. The van der Waals surface area contributed by atoms with Gasteiger partial charge in [-0.15, -0.1) is 0 Å². The van der Waals surface area contributed by atoms with Gasteiger partial charge in [-0.3, -0.25) is 4.79 Å². The zero-order chi connectivity index (χ0) is 16.0. The molecule has 23 heavy (non-hydrogen) atoms. The number of hydrogen-bond donors (Lipinski definition) is 0. The second-order valence-corrected chi connectivity index (χ2v) is 7.50. The Morgan fingerprint density at radius 1 is 1.35 bits per heavy atom. The van der Waals surface area contributed by atoms with Crippen molar-refractivity contribution in [3.05, 3.63) is 23.9 Å². The van der Waals surface area contributed by atoms with Crippen molar-refractivity contribution < 1.29 is 4.79 Å². The summed E-state index contributed by atoms with van der Waals surface area (Å²) in [7, 11) is 2.11. The zero-order valence-corrected chi connectivity index (χ0v) is 14.2.